The van der Waals surface area contributed by atoms with Crippen molar-refractivity contribution < 1.29 is 9.53 Å². The van der Waals surface area contributed by atoms with Gasteiger partial charge in [-0.25, -0.2) is 4.98 Å². The summed E-state index contributed by atoms with van der Waals surface area (Å²) in [6, 6.07) is 22.0. The quantitative estimate of drug-likeness (QED) is 0.648. The van der Waals surface area contributed by atoms with E-state index >= 15 is 0 Å². The van der Waals surface area contributed by atoms with E-state index in [2.05, 4.69) is 27.8 Å². The molecular weight excluding hydrogens is 362 g/mol. The van der Waals surface area contributed by atoms with Gasteiger partial charge in [-0.15, -0.1) is 0 Å². The number of aromatic nitrogens is 1. The lowest BCUT2D eigenvalue weighted by Gasteiger charge is -2.30. The third-order valence-corrected chi connectivity index (χ3v) is 5.14. The highest BCUT2D eigenvalue weighted by Gasteiger charge is 2.24. The van der Waals surface area contributed by atoms with E-state index < -0.39 is 0 Å². The van der Waals surface area contributed by atoms with Gasteiger partial charge < -0.3 is 15.4 Å². The summed E-state index contributed by atoms with van der Waals surface area (Å²) in [4.78, 5) is 16.8. The third kappa shape index (κ3) is 5.00. The van der Waals surface area contributed by atoms with Crippen molar-refractivity contribution in [2.24, 2.45) is 0 Å². The van der Waals surface area contributed by atoms with Crippen LogP contribution in [0.4, 0.5) is 11.5 Å². The van der Waals surface area contributed by atoms with Crippen molar-refractivity contribution in [2.75, 3.05) is 17.2 Å². The predicted molar refractivity (Wildman–Crippen MR) is 115 cm³/mol. The number of carbonyl (C=O) groups is 1. The molecule has 5 nitrogen and oxygen atoms in total. The highest BCUT2D eigenvalue weighted by atomic mass is 16.5. The van der Waals surface area contributed by atoms with E-state index in [1.165, 1.54) is 5.56 Å². The molecule has 1 aromatic heterocycles. The minimum atomic E-state index is -0.164. The van der Waals surface area contributed by atoms with Crippen molar-refractivity contribution in [2.45, 2.75) is 31.9 Å². The summed E-state index contributed by atoms with van der Waals surface area (Å²) in [5, 5.41) is 6.37. The molecule has 1 aliphatic heterocycles. The third-order valence-electron chi connectivity index (χ3n) is 5.14. The van der Waals surface area contributed by atoms with Crippen LogP contribution in [-0.2, 0) is 4.74 Å². The van der Waals surface area contributed by atoms with Crippen molar-refractivity contribution in [3.05, 3.63) is 89.6 Å². The van der Waals surface area contributed by atoms with Gasteiger partial charge in [0.05, 0.1) is 11.7 Å². The Hall–Kier alpha value is -3.18. The van der Waals surface area contributed by atoms with Crippen LogP contribution < -0.4 is 10.6 Å². The van der Waals surface area contributed by atoms with Gasteiger partial charge in [0.25, 0.3) is 5.91 Å². The lowest BCUT2D eigenvalue weighted by atomic mass is 9.97. The molecular formula is C24H25N3O2. The molecule has 29 heavy (non-hydrogen) atoms. The smallest absolute Gasteiger partial charge is 0.257 e. The van der Waals surface area contributed by atoms with E-state index in [1.54, 1.807) is 12.3 Å². The first-order chi connectivity index (χ1) is 14.2. The Morgan fingerprint density at radius 3 is 2.55 bits per heavy atom. The molecule has 2 heterocycles. The van der Waals surface area contributed by atoms with E-state index in [9.17, 15) is 4.79 Å². The first kappa shape index (κ1) is 19.2. The Morgan fingerprint density at radius 1 is 1.03 bits per heavy atom. The number of anilines is 2. The second kappa shape index (κ2) is 8.88. The van der Waals surface area contributed by atoms with Crippen molar-refractivity contribution in [3.8, 4) is 0 Å². The maximum absolute atomic E-state index is 12.4. The van der Waals surface area contributed by atoms with Crippen LogP contribution in [0.15, 0.2) is 72.9 Å². The average molecular weight is 387 g/mol. The molecule has 5 heteroatoms. The van der Waals surface area contributed by atoms with E-state index in [0.29, 0.717) is 12.2 Å². The summed E-state index contributed by atoms with van der Waals surface area (Å²) in [6.45, 7) is 2.73. The first-order valence-electron chi connectivity index (χ1n) is 9.94. The fraction of sp³-hybridized carbons (Fsp3) is 0.250. The topological polar surface area (TPSA) is 63.2 Å². The standard InChI is InChI=1S/C24H25N3O2/c1-17-7-10-20(11-8-17)27-24(28)19-9-12-23(25-16-19)26-21-13-14-29-22(15-21)18-5-3-2-4-6-18/h2-12,16,21-22H,13-15H2,1H3,(H,25,26)(H,27,28). The van der Waals surface area contributed by atoms with E-state index in [4.69, 9.17) is 4.74 Å². The molecule has 0 spiro atoms. The van der Waals surface area contributed by atoms with E-state index in [-0.39, 0.29) is 18.1 Å². The minimum Gasteiger partial charge on any atom is -0.373 e. The Bertz CT molecular complexity index is 940. The Balaban J connectivity index is 1.35. The average Bonchev–Trinajstić information content (AvgIpc) is 2.77. The van der Waals surface area contributed by atoms with Crippen molar-refractivity contribution in [1.82, 2.24) is 4.98 Å². The van der Waals surface area contributed by atoms with Crippen LogP contribution in [0.3, 0.4) is 0 Å². The molecule has 4 rings (SSSR count). The molecule has 3 aromatic rings. The van der Waals surface area contributed by atoms with E-state index in [0.717, 1.165) is 29.9 Å². The monoisotopic (exact) mass is 387 g/mol. The number of pyridine rings is 1. The van der Waals surface area contributed by atoms with Gasteiger partial charge >= 0.3 is 0 Å². The van der Waals surface area contributed by atoms with Crippen LogP contribution in [0.25, 0.3) is 0 Å². The fourth-order valence-electron chi connectivity index (χ4n) is 3.49. The maximum Gasteiger partial charge on any atom is 0.257 e. The summed E-state index contributed by atoms with van der Waals surface area (Å²) < 4.78 is 5.93. The van der Waals surface area contributed by atoms with Crippen LogP contribution in [-0.4, -0.2) is 23.5 Å². The number of carbonyl (C=O) groups excluding carboxylic acids is 1. The maximum atomic E-state index is 12.4. The molecule has 2 aromatic carbocycles. The number of aryl methyl sites for hydroxylation is 1. The van der Waals surface area contributed by atoms with Crippen LogP contribution in [0.5, 0.6) is 0 Å². The largest absolute Gasteiger partial charge is 0.373 e. The van der Waals surface area contributed by atoms with Gasteiger partial charge in [0, 0.05) is 24.5 Å². The SMILES string of the molecule is Cc1ccc(NC(=O)c2ccc(NC3CCOC(c4ccccc4)C3)nc2)cc1. The molecule has 0 saturated carbocycles. The minimum absolute atomic E-state index is 0.0991. The Morgan fingerprint density at radius 2 is 1.83 bits per heavy atom. The molecule has 148 valence electrons. The molecule has 1 amide bonds. The lowest BCUT2D eigenvalue weighted by Crippen LogP contribution is -2.30. The van der Waals surface area contributed by atoms with Crippen LogP contribution in [0.2, 0.25) is 0 Å². The first-order valence-corrected chi connectivity index (χ1v) is 9.94. The number of hydrogen-bond acceptors (Lipinski definition) is 4. The normalized spacial score (nSPS) is 18.8. The number of amides is 1. The highest BCUT2D eigenvalue weighted by molar-refractivity contribution is 6.04. The van der Waals surface area contributed by atoms with Gasteiger partial charge in [-0.05, 0) is 49.6 Å². The van der Waals surface area contributed by atoms with Gasteiger partial charge in [0.2, 0.25) is 0 Å². The molecule has 2 atom stereocenters. The van der Waals surface area contributed by atoms with Crippen LogP contribution in [0, 0.1) is 6.92 Å². The van der Waals surface area contributed by atoms with Crippen molar-refractivity contribution in [3.63, 3.8) is 0 Å². The summed E-state index contributed by atoms with van der Waals surface area (Å²) >= 11 is 0. The Labute approximate surface area is 171 Å². The van der Waals surface area contributed by atoms with Gasteiger partial charge in [0.1, 0.15) is 5.82 Å². The number of rotatable bonds is 5. The Kier molecular flexibility index (Phi) is 5.86. The molecule has 0 radical (unpaired) electrons. The zero-order chi connectivity index (χ0) is 20.1. The van der Waals surface area contributed by atoms with Gasteiger partial charge in [-0.2, -0.15) is 0 Å². The lowest BCUT2D eigenvalue weighted by molar-refractivity contribution is 0.00974. The molecule has 1 saturated heterocycles. The molecule has 1 aliphatic rings. The van der Waals surface area contributed by atoms with Gasteiger partial charge in [0.15, 0.2) is 0 Å². The van der Waals surface area contributed by atoms with Crippen LogP contribution >= 0.6 is 0 Å². The van der Waals surface area contributed by atoms with Crippen molar-refractivity contribution >= 4 is 17.4 Å². The second-order valence-electron chi connectivity index (χ2n) is 7.39. The highest BCUT2D eigenvalue weighted by Crippen LogP contribution is 2.29. The number of nitrogens with zero attached hydrogens (tertiary/aromatic N) is 1. The van der Waals surface area contributed by atoms with Gasteiger partial charge in [-0.3, -0.25) is 4.79 Å². The summed E-state index contributed by atoms with van der Waals surface area (Å²) in [5.74, 6) is 0.610. The van der Waals surface area contributed by atoms with E-state index in [1.807, 2.05) is 55.5 Å². The van der Waals surface area contributed by atoms with Crippen LogP contribution in [0.1, 0.15) is 40.4 Å². The molecule has 0 aliphatic carbocycles. The van der Waals surface area contributed by atoms with Crippen molar-refractivity contribution in [1.29, 1.82) is 0 Å². The summed E-state index contributed by atoms with van der Waals surface area (Å²) in [5.41, 5.74) is 3.67. The molecule has 1 fully saturated rings. The fourth-order valence-corrected chi connectivity index (χ4v) is 3.49. The zero-order valence-corrected chi connectivity index (χ0v) is 16.5. The number of benzene rings is 2. The van der Waals surface area contributed by atoms with Gasteiger partial charge in [-0.1, -0.05) is 48.0 Å². The molecule has 0 bridgehead atoms. The summed E-state index contributed by atoms with van der Waals surface area (Å²) in [7, 11) is 0. The molecule has 2 unspecified atom stereocenters. The molecule has 2 N–H and O–H groups in total. The number of hydrogen-bond donors (Lipinski definition) is 2. The summed E-state index contributed by atoms with van der Waals surface area (Å²) in [6.07, 6.45) is 3.53. The number of ether oxygens (including phenoxy) is 1. The number of nitrogens with one attached hydrogen (secondary N) is 2. The predicted octanol–water partition coefficient (Wildman–Crippen LogP) is 4.97. The zero-order valence-electron chi connectivity index (χ0n) is 16.5. The second-order valence-corrected chi connectivity index (χ2v) is 7.39.